The lowest BCUT2D eigenvalue weighted by molar-refractivity contribution is -0.153. The van der Waals surface area contributed by atoms with Gasteiger partial charge < -0.3 is 14.0 Å². The van der Waals surface area contributed by atoms with Gasteiger partial charge in [0.15, 0.2) is 6.61 Å². The number of benzene rings is 1. The van der Waals surface area contributed by atoms with E-state index in [9.17, 15) is 17.6 Å². The molecule has 122 valence electrons. The summed E-state index contributed by atoms with van der Waals surface area (Å²) < 4.78 is 66.5. The highest BCUT2D eigenvalue weighted by Gasteiger charge is 2.52. The van der Waals surface area contributed by atoms with Crippen molar-refractivity contribution >= 4 is 12.6 Å². The molecule has 0 aromatic heterocycles. The Morgan fingerprint density at radius 1 is 1.09 bits per heavy atom. The molecular formula is C14H17BF4O3. The molecule has 1 aliphatic rings. The lowest BCUT2D eigenvalue weighted by atomic mass is 9.78. The first-order valence-electron chi connectivity index (χ1n) is 6.76. The molecule has 0 saturated carbocycles. The Morgan fingerprint density at radius 2 is 1.64 bits per heavy atom. The molecule has 1 fully saturated rings. The Morgan fingerprint density at radius 3 is 2.14 bits per heavy atom. The monoisotopic (exact) mass is 320 g/mol. The van der Waals surface area contributed by atoms with Crippen LogP contribution >= 0.6 is 0 Å². The molecule has 0 radical (unpaired) electrons. The molecule has 0 amide bonds. The van der Waals surface area contributed by atoms with Crippen molar-refractivity contribution in [3.63, 3.8) is 0 Å². The highest BCUT2D eigenvalue weighted by Crippen LogP contribution is 2.37. The first-order chi connectivity index (χ1) is 9.91. The fraction of sp³-hybridized carbons (Fsp3) is 0.571. The first kappa shape index (κ1) is 17.1. The number of hydrogen-bond acceptors (Lipinski definition) is 3. The molecule has 0 unspecified atom stereocenters. The van der Waals surface area contributed by atoms with E-state index < -0.39 is 36.9 Å². The van der Waals surface area contributed by atoms with Crippen LogP contribution in [0.1, 0.15) is 27.7 Å². The number of ether oxygens (including phenoxy) is 1. The van der Waals surface area contributed by atoms with E-state index in [-0.39, 0.29) is 11.2 Å². The van der Waals surface area contributed by atoms with Gasteiger partial charge in [0.2, 0.25) is 0 Å². The van der Waals surface area contributed by atoms with Gasteiger partial charge in [0.25, 0.3) is 0 Å². The van der Waals surface area contributed by atoms with Crippen LogP contribution in [-0.4, -0.2) is 31.1 Å². The average Bonchev–Trinajstić information content (AvgIpc) is 2.55. The zero-order chi connectivity index (χ0) is 16.8. The minimum absolute atomic E-state index is 0.226. The van der Waals surface area contributed by atoms with Crippen LogP contribution in [0.15, 0.2) is 18.2 Å². The standard InChI is InChI=1S/C14H17BF4O3/c1-12(2)13(3,4)22-15(21-12)10-6-5-9(16)7-11(10)20-8-14(17,18)19/h5-7H,8H2,1-4H3. The highest BCUT2D eigenvalue weighted by atomic mass is 19.4. The van der Waals surface area contributed by atoms with Gasteiger partial charge in [-0.2, -0.15) is 13.2 Å². The average molecular weight is 320 g/mol. The van der Waals surface area contributed by atoms with E-state index >= 15 is 0 Å². The topological polar surface area (TPSA) is 27.7 Å². The van der Waals surface area contributed by atoms with Gasteiger partial charge >= 0.3 is 13.3 Å². The fourth-order valence-corrected chi connectivity index (χ4v) is 1.96. The van der Waals surface area contributed by atoms with E-state index in [0.717, 1.165) is 12.1 Å². The summed E-state index contributed by atoms with van der Waals surface area (Å²) in [6.45, 7) is 5.74. The van der Waals surface area contributed by atoms with Crippen LogP contribution in [0, 0.1) is 5.82 Å². The van der Waals surface area contributed by atoms with Crippen molar-refractivity contribution in [3.05, 3.63) is 24.0 Å². The smallest absolute Gasteiger partial charge is 0.484 e. The minimum atomic E-state index is -4.51. The molecule has 0 N–H and O–H groups in total. The maximum Gasteiger partial charge on any atom is 0.498 e. The van der Waals surface area contributed by atoms with Crippen molar-refractivity contribution in [3.8, 4) is 5.75 Å². The summed E-state index contributed by atoms with van der Waals surface area (Å²) in [5.74, 6) is -0.937. The second kappa shape index (κ2) is 5.42. The Balaban J connectivity index is 2.28. The van der Waals surface area contributed by atoms with E-state index in [4.69, 9.17) is 14.0 Å². The number of hydrogen-bond donors (Lipinski definition) is 0. The van der Waals surface area contributed by atoms with E-state index in [0.29, 0.717) is 0 Å². The maximum absolute atomic E-state index is 13.3. The normalized spacial score (nSPS) is 20.3. The van der Waals surface area contributed by atoms with Crippen LogP contribution in [-0.2, 0) is 9.31 Å². The first-order valence-corrected chi connectivity index (χ1v) is 6.76. The van der Waals surface area contributed by atoms with Crippen LogP contribution in [0.5, 0.6) is 5.75 Å². The van der Waals surface area contributed by atoms with Gasteiger partial charge in [-0.15, -0.1) is 0 Å². The van der Waals surface area contributed by atoms with Crippen LogP contribution in [0.25, 0.3) is 0 Å². The molecule has 1 aliphatic heterocycles. The molecule has 0 spiro atoms. The number of halogens is 4. The van der Waals surface area contributed by atoms with Crippen LogP contribution < -0.4 is 10.2 Å². The van der Waals surface area contributed by atoms with Gasteiger partial charge in [0, 0.05) is 11.5 Å². The van der Waals surface area contributed by atoms with Gasteiger partial charge in [0.1, 0.15) is 11.6 Å². The zero-order valence-electron chi connectivity index (χ0n) is 12.8. The predicted octanol–water partition coefficient (Wildman–Crippen LogP) is 3.07. The molecular weight excluding hydrogens is 303 g/mol. The number of alkyl halides is 3. The second-order valence-corrected chi connectivity index (χ2v) is 6.17. The van der Waals surface area contributed by atoms with Gasteiger partial charge in [-0.05, 0) is 33.8 Å². The van der Waals surface area contributed by atoms with Crippen molar-refractivity contribution in [2.75, 3.05) is 6.61 Å². The Labute approximate surface area is 126 Å². The summed E-state index contributed by atoms with van der Waals surface area (Å²) in [4.78, 5) is 0. The minimum Gasteiger partial charge on any atom is -0.484 e. The summed E-state index contributed by atoms with van der Waals surface area (Å²) in [6.07, 6.45) is -4.51. The van der Waals surface area contributed by atoms with E-state index in [1.54, 1.807) is 0 Å². The molecule has 8 heteroatoms. The lowest BCUT2D eigenvalue weighted by Crippen LogP contribution is -2.41. The molecule has 1 saturated heterocycles. The highest BCUT2D eigenvalue weighted by molar-refractivity contribution is 6.63. The van der Waals surface area contributed by atoms with E-state index in [1.807, 2.05) is 27.7 Å². The Kier molecular flexibility index (Phi) is 4.21. The maximum atomic E-state index is 13.3. The van der Waals surface area contributed by atoms with Gasteiger partial charge in [0.05, 0.1) is 11.2 Å². The SMILES string of the molecule is CC1(C)OB(c2ccc(F)cc2OCC(F)(F)F)OC1(C)C. The molecule has 1 aromatic carbocycles. The third-order valence-corrected chi connectivity index (χ3v) is 3.87. The van der Waals surface area contributed by atoms with Gasteiger partial charge in [-0.1, -0.05) is 6.07 Å². The Hall–Kier alpha value is -1.28. The summed E-state index contributed by atoms with van der Waals surface area (Å²) in [7, 11) is -0.922. The van der Waals surface area contributed by atoms with Crippen molar-refractivity contribution in [1.82, 2.24) is 0 Å². The largest absolute Gasteiger partial charge is 0.498 e. The van der Waals surface area contributed by atoms with Crippen molar-refractivity contribution < 1.29 is 31.6 Å². The molecule has 0 aliphatic carbocycles. The molecule has 2 rings (SSSR count). The lowest BCUT2D eigenvalue weighted by Gasteiger charge is -2.32. The Bertz CT molecular complexity index is 542. The zero-order valence-corrected chi connectivity index (χ0v) is 12.8. The van der Waals surface area contributed by atoms with Gasteiger partial charge in [-0.3, -0.25) is 0 Å². The molecule has 0 bridgehead atoms. The second-order valence-electron chi connectivity index (χ2n) is 6.17. The van der Waals surface area contributed by atoms with Crippen LogP contribution in [0.4, 0.5) is 17.6 Å². The summed E-state index contributed by atoms with van der Waals surface area (Å²) >= 11 is 0. The van der Waals surface area contributed by atoms with Crippen molar-refractivity contribution in [2.24, 2.45) is 0 Å². The molecule has 22 heavy (non-hydrogen) atoms. The number of rotatable bonds is 3. The van der Waals surface area contributed by atoms with Crippen molar-refractivity contribution in [2.45, 2.75) is 45.1 Å². The molecule has 3 nitrogen and oxygen atoms in total. The molecule has 1 heterocycles. The third kappa shape index (κ3) is 3.55. The quantitative estimate of drug-likeness (QED) is 0.633. The molecule has 0 atom stereocenters. The fourth-order valence-electron chi connectivity index (χ4n) is 1.96. The van der Waals surface area contributed by atoms with E-state index in [1.165, 1.54) is 6.07 Å². The predicted molar refractivity (Wildman–Crippen MR) is 73.7 cm³/mol. The summed E-state index contributed by atoms with van der Waals surface area (Å²) in [6, 6.07) is 3.33. The summed E-state index contributed by atoms with van der Waals surface area (Å²) in [5, 5.41) is 0. The van der Waals surface area contributed by atoms with E-state index in [2.05, 4.69) is 0 Å². The van der Waals surface area contributed by atoms with Crippen molar-refractivity contribution in [1.29, 1.82) is 0 Å². The summed E-state index contributed by atoms with van der Waals surface area (Å²) in [5.41, 5.74) is -1.09. The van der Waals surface area contributed by atoms with Gasteiger partial charge in [-0.25, -0.2) is 4.39 Å². The third-order valence-electron chi connectivity index (χ3n) is 3.87. The molecule has 1 aromatic rings. The van der Waals surface area contributed by atoms with Crippen LogP contribution in [0.3, 0.4) is 0 Å². The van der Waals surface area contributed by atoms with Crippen LogP contribution in [0.2, 0.25) is 0 Å².